The Balaban J connectivity index is 2.07. The Morgan fingerprint density at radius 1 is 1.38 bits per heavy atom. The maximum atomic E-state index is 9.89. The van der Waals surface area contributed by atoms with Crippen molar-refractivity contribution in [1.82, 2.24) is 10.2 Å². The van der Waals surface area contributed by atoms with Gasteiger partial charge in [-0.15, -0.1) is 10.2 Å². The molecule has 2 aromatic rings. The Labute approximate surface area is 148 Å². The molecule has 124 valence electrons. The summed E-state index contributed by atoms with van der Waals surface area (Å²) in [5, 5.41) is 38.4. The molecule has 24 heavy (non-hydrogen) atoms. The van der Waals surface area contributed by atoms with Crippen LogP contribution in [0, 0.1) is 30.6 Å². The molecule has 6 nitrogen and oxygen atoms in total. The molecule has 1 heterocycles. The molecule has 0 aliphatic heterocycles. The summed E-state index contributed by atoms with van der Waals surface area (Å²) in [5.74, 6) is 0.0615. The molecule has 0 saturated heterocycles. The van der Waals surface area contributed by atoms with E-state index in [1.165, 1.54) is 30.0 Å². The van der Waals surface area contributed by atoms with Crippen molar-refractivity contribution in [2.24, 2.45) is 0 Å². The van der Waals surface area contributed by atoms with E-state index in [1.807, 2.05) is 38.1 Å². The van der Waals surface area contributed by atoms with E-state index in [1.54, 1.807) is 0 Å². The maximum Gasteiger partial charge on any atom is 0.210 e. The van der Waals surface area contributed by atoms with Crippen LogP contribution >= 0.6 is 23.1 Å². The first-order valence-corrected chi connectivity index (χ1v) is 8.90. The minimum Gasteiger partial charge on any atom is -0.510 e. The van der Waals surface area contributed by atoms with Gasteiger partial charge in [0, 0.05) is 11.4 Å². The van der Waals surface area contributed by atoms with Crippen LogP contribution < -0.4 is 5.32 Å². The van der Waals surface area contributed by atoms with Crippen LogP contribution in [0.4, 0.5) is 10.8 Å². The van der Waals surface area contributed by atoms with Gasteiger partial charge in [0.05, 0.1) is 5.75 Å². The number of aromatic nitrogens is 2. The molecule has 0 bridgehead atoms. The molecular weight excluding hydrogens is 342 g/mol. The summed E-state index contributed by atoms with van der Waals surface area (Å²) in [6.45, 7) is 5.52. The standard InChI is InChI=1S/C16H17N5OS2/c1-9-5-4-6-10(2)14(9)19-15-20-21-16(24-15)23-8-13(22)12(7-17)11(3)18/h4-6,18,22H,8H2,1-3H3,(H,19,20)/b13-12+,18-11?. The normalized spacial score (nSPS) is 11.6. The van der Waals surface area contributed by atoms with Gasteiger partial charge in [0.15, 0.2) is 4.34 Å². The first-order chi connectivity index (χ1) is 11.4. The molecule has 0 amide bonds. The van der Waals surface area contributed by atoms with E-state index in [9.17, 15) is 5.11 Å². The average molecular weight is 359 g/mol. The summed E-state index contributed by atoms with van der Waals surface area (Å²) >= 11 is 2.65. The van der Waals surface area contributed by atoms with Gasteiger partial charge in [0.25, 0.3) is 0 Å². The number of aryl methyl sites for hydroxylation is 2. The zero-order valence-corrected chi connectivity index (χ0v) is 15.2. The number of hydrogen-bond donors (Lipinski definition) is 3. The Bertz CT molecular complexity index is 815. The largest absolute Gasteiger partial charge is 0.510 e. The molecule has 1 aromatic heterocycles. The van der Waals surface area contributed by atoms with Crippen molar-refractivity contribution >= 4 is 39.6 Å². The number of hydrogen-bond acceptors (Lipinski definition) is 8. The molecule has 2 rings (SSSR count). The van der Waals surface area contributed by atoms with Crippen molar-refractivity contribution in [3.05, 3.63) is 40.7 Å². The third-order valence-corrected chi connectivity index (χ3v) is 5.21. The minimum atomic E-state index is -0.116. The highest BCUT2D eigenvalue weighted by Gasteiger charge is 2.11. The molecule has 0 radical (unpaired) electrons. The summed E-state index contributed by atoms with van der Waals surface area (Å²) in [4.78, 5) is 0. The van der Waals surface area contributed by atoms with Crippen molar-refractivity contribution in [3.8, 4) is 6.07 Å². The number of aliphatic hydroxyl groups excluding tert-OH is 1. The quantitative estimate of drug-likeness (QED) is 0.306. The molecule has 0 spiro atoms. The number of nitrogens with one attached hydrogen (secondary N) is 2. The van der Waals surface area contributed by atoms with Gasteiger partial charge in [-0.05, 0) is 31.9 Å². The SMILES string of the molecule is CC(=N)/C(C#N)=C(/O)CSc1nnc(Nc2c(C)cccc2C)s1. The Morgan fingerprint density at radius 3 is 2.62 bits per heavy atom. The molecule has 8 heteroatoms. The zero-order valence-electron chi connectivity index (χ0n) is 13.5. The second-order valence-corrected chi connectivity index (χ2v) is 7.31. The van der Waals surface area contributed by atoms with Gasteiger partial charge in [-0.25, -0.2) is 0 Å². The average Bonchev–Trinajstić information content (AvgIpc) is 2.97. The number of anilines is 2. The number of thioether (sulfide) groups is 1. The molecule has 0 fully saturated rings. The number of aliphatic hydroxyl groups is 1. The Morgan fingerprint density at radius 2 is 2.04 bits per heavy atom. The van der Waals surface area contributed by atoms with Crippen LogP contribution in [-0.2, 0) is 0 Å². The molecule has 0 atom stereocenters. The van der Waals surface area contributed by atoms with E-state index in [0.717, 1.165) is 16.8 Å². The van der Waals surface area contributed by atoms with Gasteiger partial charge in [0.1, 0.15) is 17.4 Å². The third kappa shape index (κ3) is 4.34. The molecule has 0 aliphatic carbocycles. The zero-order chi connectivity index (χ0) is 17.7. The van der Waals surface area contributed by atoms with Crippen molar-refractivity contribution in [2.45, 2.75) is 25.1 Å². The van der Waals surface area contributed by atoms with Gasteiger partial charge >= 0.3 is 0 Å². The minimum absolute atomic E-state index is 0.000832. The first kappa shape index (κ1) is 18.0. The van der Waals surface area contributed by atoms with Crippen molar-refractivity contribution in [3.63, 3.8) is 0 Å². The molecule has 0 unspecified atom stereocenters. The van der Waals surface area contributed by atoms with E-state index in [0.29, 0.717) is 9.47 Å². The predicted molar refractivity (Wildman–Crippen MR) is 98.5 cm³/mol. The lowest BCUT2D eigenvalue weighted by Gasteiger charge is -2.09. The van der Waals surface area contributed by atoms with Crippen LogP contribution in [0.2, 0.25) is 0 Å². The van der Waals surface area contributed by atoms with Crippen LogP contribution in [0.1, 0.15) is 18.1 Å². The highest BCUT2D eigenvalue weighted by molar-refractivity contribution is 8.01. The van der Waals surface area contributed by atoms with Crippen LogP contribution in [0.5, 0.6) is 0 Å². The Kier molecular flexibility index (Phi) is 5.95. The second-order valence-electron chi connectivity index (χ2n) is 5.11. The van der Waals surface area contributed by atoms with Crippen LogP contribution in [-0.4, -0.2) is 26.8 Å². The van der Waals surface area contributed by atoms with E-state index in [2.05, 4.69) is 15.5 Å². The second kappa shape index (κ2) is 7.95. The number of rotatable bonds is 6. The lowest BCUT2D eigenvalue weighted by Crippen LogP contribution is -2.00. The highest BCUT2D eigenvalue weighted by Crippen LogP contribution is 2.31. The molecule has 1 aromatic carbocycles. The number of nitriles is 1. The Hall–Kier alpha value is -2.37. The summed E-state index contributed by atoms with van der Waals surface area (Å²) in [7, 11) is 0. The number of para-hydroxylation sites is 1. The van der Waals surface area contributed by atoms with Crippen LogP contribution in [0.15, 0.2) is 33.9 Å². The summed E-state index contributed by atoms with van der Waals surface area (Å²) < 4.78 is 0.676. The predicted octanol–water partition coefficient (Wildman–Crippen LogP) is 4.37. The topological polar surface area (TPSA) is 106 Å². The molecule has 0 aliphatic rings. The maximum absolute atomic E-state index is 9.89. The first-order valence-electron chi connectivity index (χ1n) is 7.09. The highest BCUT2D eigenvalue weighted by atomic mass is 32.2. The number of nitrogens with zero attached hydrogens (tertiary/aromatic N) is 3. The van der Waals surface area contributed by atoms with Gasteiger partial charge in [0.2, 0.25) is 5.13 Å². The van der Waals surface area contributed by atoms with Crippen LogP contribution in [0.25, 0.3) is 0 Å². The van der Waals surface area contributed by atoms with Gasteiger partial charge in [-0.1, -0.05) is 41.3 Å². The molecular formula is C16H17N5OS2. The lowest BCUT2D eigenvalue weighted by molar-refractivity contribution is 0.415. The molecule has 0 saturated carbocycles. The fourth-order valence-electron chi connectivity index (χ4n) is 2.00. The summed E-state index contributed by atoms with van der Waals surface area (Å²) in [6, 6.07) is 7.89. The van der Waals surface area contributed by atoms with Crippen molar-refractivity contribution in [1.29, 1.82) is 10.7 Å². The van der Waals surface area contributed by atoms with Gasteiger partial charge < -0.3 is 15.8 Å². The van der Waals surface area contributed by atoms with Crippen molar-refractivity contribution in [2.75, 3.05) is 11.1 Å². The van der Waals surface area contributed by atoms with E-state index >= 15 is 0 Å². The van der Waals surface area contributed by atoms with E-state index in [-0.39, 0.29) is 22.8 Å². The smallest absolute Gasteiger partial charge is 0.210 e. The third-order valence-electron chi connectivity index (χ3n) is 3.23. The number of allylic oxidation sites excluding steroid dienone is 1. The van der Waals surface area contributed by atoms with E-state index < -0.39 is 0 Å². The summed E-state index contributed by atoms with van der Waals surface area (Å²) in [6.07, 6.45) is 0. The van der Waals surface area contributed by atoms with Gasteiger partial charge in [-0.3, -0.25) is 0 Å². The summed E-state index contributed by atoms with van der Waals surface area (Å²) in [5.41, 5.74) is 3.31. The monoisotopic (exact) mass is 359 g/mol. The fourth-order valence-corrected chi connectivity index (χ4v) is 3.64. The number of benzene rings is 1. The molecule has 3 N–H and O–H groups in total. The van der Waals surface area contributed by atoms with Gasteiger partial charge in [-0.2, -0.15) is 5.26 Å². The van der Waals surface area contributed by atoms with E-state index in [4.69, 9.17) is 10.7 Å². The van der Waals surface area contributed by atoms with Crippen LogP contribution in [0.3, 0.4) is 0 Å². The lowest BCUT2D eigenvalue weighted by atomic mass is 10.1. The van der Waals surface area contributed by atoms with Crippen molar-refractivity contribution < 1.29 is 5.11 Å². The fraction of sp³-hybridized carbons (Fsp3) is 0.250.